The molecule has 4 aromatic rings. The number of hydrogen-bond acceptors (Lipinski definition) is 7. The topological polar surface area (TPSA) is 114 Å². The summed E-state index contributed by atoms with van der Waals surface area (Å²) >= 11 is 1.14. The van der Waals surface area contributed by atoms with Crippen molar-refractivity contribution in [1.29, 1.82) is 0 Å². The Bertz CT molecular complexity index is 1590. The van der Waals surface area contributed by atoms with Gasteiger partial charge in [0.2, 0.25) is 0 Å². The third-order valence-electron chi connectivity index (χ3n) is 5.42. The molecule has 0 spiro atoms. The highest BCUT2D eigenvalue weighted by molar-refractivity contribution is 7.90. The largest absolute Gasteiger partial charge is 0.298 e. The molecular formula is C24H17N3O5S2. The number of nitrogens with zero attached hydrogens (tertiary/aromatic N) is 2. The minimum absolute atomic E-state index is 0.149. The number of carbonyl (C=O) groups excluding carboxylic acids is 3. The van der Waals surface area contributed by atoms with Crippen LogP contribution >= 0.6 is 11.3 Å². The van der Waals surface area contributed by atoms with Crippen LogP contribution in [0.5, 0.6) is 0 Å². The van der Waals surface area contributed by atoms with Gasteiger partial charge in [-0.3, -0.25) is 24.6 Å². The monoisotopic (exact) mass is 491 g/mol. The van der Waals surface area contributed by atoms with Crippen molar-refractivity contribution in [3.8, 4) is 0 Å². The van der Waals surface area contributed by atoms with E-state index in [1.165, 1.54) is 30.3 Å². The van der Waals surface area contributed by atoms with E-state index in [1.807, 2.05) is 30.3 Å². The van der Waals surface area contributed by atoms with E-state index in [0.717, 1.165) is 28.1 Å². The van der Waals surface area contributed by atoms with E-state index in [-0.39, 0.29) is 28.1 Å². The fourth-order valence-corrected chi connectivity index (χ4v) is 5.32. The van der Waals surface area contributed by atoms with Crippen LogP contribution in [0.25, 0.3) is 10.2 Å². The maximum absolute atomic E-state index is 12.9. The summed E-state index contributed by atoms with van der Waals surface area (Å²) in [6.45, 7) is 0.149. The average molecular weight is 492 g/mol. The molecule has 5 rings (SSSR count). The van der Waals surface area contributed by atoms with E-state index >= 15 is 0 Å². The number of imide groups is 1. The Morgan fingerprint density at radius 2 is 1.71 bits per heavy atom. The highest BCUT2D eigenvalue weighted by atomic mass is 32.2. The van der Waals surface area contributed by atoms with E-state index in [1.54, 1.807) is 6.07 Å². The molecule has 10 heteroatoms. The summed E-state index contributed by atoms with van der Waals surface area (Å²) in [5.74, 6) is -1.34. The van der Waals surface area contributed by atoms with Gasteiger partial charge in [0.1, 0.15) is 0 Å². The molecule has 0 saturated heterocycles. The number of sulfone groups is 1. The first-order valence-corrected chi connectivity index (χ1v) is 12.9. The van der Waals surface area contributed by atoms with Gasteiger partial charge in [-0.2, -0.15) is 0 Å². The minimum atomic E-state index is -3.36. The highest BCUT2D eigenvalue weighted by Gasteiger charge is 2.36. The standard InChI is InChI=1S/C24H17N3O5S2/c1-34(31,32)16-8-10-19-20(12-16)33-24(25-19)26-21(28)15-7-9-17-18(11-15)23(30)27(22(17)29)13-14-5-3-2-4-6-14/h2-12H,13H2,1H3,(H,25,26,28). The van der Waals surface area contributed by atoms with E-state index in [9.17, 15) is 22.8 Å². The number of fused-ring (bicyclic) bond motifs is 2. The fourth-order valence-electron chi connectivity index (χ4n) is 3.70. The summed E-state index contributed by atoms with van der Waals surface area (Å²) in [6.07, 6.45) is 1.12. The number of anilines is 1. The number of nitrogens with one attached hydrogen (secondary N) is 1. The van der Waals surface area contributed by atoms with Crippen LogP contribution in [0.2, 0.25) is 0 Å². The van der Waals surface area contributed by atoms with E-state index in [2.05, 4.69) is 10.3 Å². The van der Waals surface area contributed by atoms with Crippen molar-refractivity contribution < 1.29 is 22.8 Å². The molecule has 1 N–H and O–H groups in total. The number of benzene rings is 3. The molecule has 34 heavy (non-hydrogen) atoms. The maximum Gasteiger partial charge on any atom is 0.261 e. The first-order valence-electron chi connectivity index (χ1n) is 10.2. The lowest BCUT2D eigenvalue weighted by Crippen LogP contribution is -2.29. The fraction of sp³-hybridized carbons (Fsp3) is 0.0833. The van der Waals surface area contributed by atoms with E-state index < -0.39 is 27.6 Å². The molecule has 0 saturated carbocycles. The molecule has 1 aliphatic heterocycles. The zero-order valence-electron chi connectivity index (χ0n) is 17.8. The summed E-state index contributed by atoms with van der Waals surface area (Å²) in [6, 6.07) is 18.1. The van der Waals surface area contributed by atoms with Crippen LogP contribution in [0.1, 0.15) is 36.6 Å². The molecule has 0 unspecified atom stereocenters. The number of rotatable bonds is 5. The number of aromatic nitrogens is 1. The summed E-state index contributed by atoms with van der Waals surface area (Å²) in [5, 5.41) is 2.97. The van der Waals surface area contributed by atoms with Crippen molar-refractivity contribution in [3.63, 3.8) is 0 Å². The number of amides is 3. The molecular weight excluding hydrogens is 474 g/mol. The minimum Gasteiger partial charge on any atom is -0.298 e. The summed E-state index contributed by atoms with van der Waals surface area (Å²) in [5.41, 5.74) is 2.02. The normalized spacial score (nSPS) is 13.4. The van der Waals surface area contributed by atoms with Crippen LogP contribution < -0.4 is 5.32 Å². The van der Waals surface area contributed by atoms with E-state index in [0.29, 0.717) is 15.3 Å². The summed E-state index contributed by atoms with van der Waals surface area (Å²) in [4.78, 5) is 44.1. The van der Waals surface area contributed by atoms with Gasteiger partial charge in [0.25, 0.3) is 17.7 Å². The Kier molecular flexibility index (Phi) is 5.26. The molecule has 1 aromatic heterocycles. The second-order valence-corrected chi connectivity index (χ2v) is 10.9. The quantitative estimate of drug-likeness (QED) is 0.426. The third kappa shape index (κ3) is 3.97. The lowest BCUT2D eigenvalue weighted by Gasteiger charge is -2.13. The van der Waals surface area contributed by atoms with Crippen molar-refractivity contribution >= 4 is 54.2 Å². The summed E-state index contributed by atoms with van der Waals surface area (Å²) < 4.78 is 24.2. The number of hydrogen-bond donors (Lipinski definition) is 1. The van der Waals surface area contributed by atoms with Crippen molar-refractivity contribution in [2.75, 3.05) is 11.6 Å². The lowest BCUT2D eigenvalue weighted by atomic mass is 10.1. The molecule has 3 amide bonds. The predicted octanol–water partition coefficient (Wildman–Crippen LogP) is 3.75. The van der Waals surface area contributed by atoms with Crippen molar-refractivity contribution in [2.24, 2.45) is 0 Å². The second-order valence-electron chi connectivity index (χ2n) is 7.82. The van der Waals surface area contributed by atoms with Gasteiger partial charge in [-0.15, -0.1) is 0 Å². The molecule has 3 aromatic carbocycles. The van der Waals surface area contributed by atoms with Crippen molar-refractivity contribution in [3.05, 3.63) is 89.0 Å². The van der Waals surface area contributed by atoms with E-state index in [4.69, 9.17) is 0 Å². The highest BCUT2D eigenvalue weighted by Crippen LogP contribution is 2.29. The zero-order chi connectivity index (χ0) is 24.0. The molecule has 0 aliphatic carbocycles. The molecule has 170 valence electrons. The Labute approximate surface area is 198 Å². The van der Waals surface area contributed by atoms with Gasteiger partial charge in [-0.1, -0.05) is 41.7 Å². The lowest BCUT2D eigenvalue weighted by molar-refractivity contribution is 0.0642. The van der Waals surface area contributed by atoms with Gasteiger partial charge in [0.05, 0.1) is 32.8 Å². The van der Waals surface area contributed by atoms with Crippen LogP contribution in [0.15, 0.2) is 71.6 Å². The molecule has 1 aliphatic rings. The number of thiazole rings is 1. The molecule has 2 heterocycles. The smallest absolute Gasteiger partial charge is 0.261 e. The third-order valence-corrected chi connectivity index (χ3v) is 7.47. The summed E-state index contributed by atoms with van der Waals surface area (Å²) in [7, 11) is -3.36. The Morgan fingerprint density at radius 3 is 2.44 bits per heavy atom. The van der Waals surface area contributed by atoms with Crippen molar-refractivity contribution in [2.45, 2.75) is 11.4 Å². The molecule has 8 nitrogen and oxygen atoms in total. The van der Waals surface area contributed by atoms with Gasteiger partial charge >= 0.3 is 0 Å². The van der Waals surface area contributed by atoms with Crippen LogP contribution in [0.3, 0.4) is 0 Å². The van der Waals surface area contributed by atoms with Crippen LogP contribution in [-0.2, 0) is 16.4 Å². The molecule has 0 atom stereocenters. The first-order chi connectivity index (χ1) is 16.2. The van der Waals surface area contributed by atoms with Crippen molar-refractivity contribution in [1.82, 2.24) is 9.88 Å². The molecule has 0 fully saturated rings. The number of carbonyl (C=O) groups is 3. The zero-order valence-corrected chi connectivity index (χ0v) is 19.4. The molecule has 0 radical (unpaired) electrons. The van der Waals surface area contributed by atoms with Gasteiger partial charge in [0.15, 0.2) is 15.0 Å². The van der Waals surface area contributed by atoms with Crippen LogP contribution in [0, 0.1) is 0 Å². The Morgan fingerprint density at radius 1 is 0.971 bits per heavy atom. The second kappa shape index (κ2) is 8.15. The predicted molar refractivity (Wildman–Crippen MR) is 128 cm³/mol. The molecule has 0 bridgehead atoms. The van der Waals surface area contributed by atoms with Gasteiger partial charge in [0, 0.05) is 11.8 Å². The average Bonchev–Trinajstić information content (AvgIpc) is 3.32. The van der Waals surface area contributed by atoms with Gasteiger partial charge < -0.3 is 0 Å². The van der Waals surface area contributed by atoms with Crippen LogP contribution in [-0.4, -0.2) is 42.3 Å². The Hall–Kier alpha value is -3.89. The van der Waals surface area contributed by atoms with Gasteiger partial charge in [-0.25, -0.2) is 13.4 Å². The van der Waals surface area contributed by atoms with Gasteiger partial charge in [-0.05, 0) is 42.0 Å². The van der Waals surface area contributed by atoms with Crippen LogP contribution in [0.4, 0.5) is 5.13 Å². The maximum atomic E-state index is 12.9. The first kappa shape index (κ1) is 21.9. The Balaban J connectivity index is 1.37. The SMILES string of the molecule is CS(=O)(=O)c1ccc2nc(NC(=O)c3ccc4c(c3)C(=O)N(Cc3ccccc3)C4=O)sc2c1.